The fraction of sp³-hybridized carbons (Fsp3) is 0.438. The maximum Gasteiger partial charge on any atom is 0.249 e. The molecular formula is C32H34FN9O2. The second-order valence-corrected chi connectivity index (χ2v) is 12.1. The minimum Gasteiger partial charge on any atom is -0.374 e. The highest BCUT2D eigenvalue weighted by atomic mass is 19.1. The maximum atomic E-state index is 15.2. The zero-order valence-electron chi connectivity index (χ0n) is 24.3. The van der Waals surface area contributed by atoms with E-state index in [1.165, 1.54) is 6.07 Å². The van der Waals surface area contributed by atoms with E-state index in [9.17, 15) is 14.9 Å². The Labute approximate surface area is 254 Å². The topological polar surface area (TPSA) is 133 Å². The van der Waals surface area contributed by atoms with Gasteiger partial charge in [-0.1, -0.05) is 6.07 Å². The van der Waals surface area contributed by atoms with Crippen molar-refractivity contribution in [2.45, 2.75) is 75.4 Å². The summed E-state index contributed by atoms with van der Waals surface area (Å²) in [5, 5.41) is 23.5. The van der Waals surface area contributed by atoms with Gasteiger partial charge in [0.2, 0.25) is 11.8 Å². The van der Waals surface area contributed by atoms with Gasteiger partial charge in [0, 0.05) is 29.9 Å². The monoisotopic (exact) mass is 595 g/mol. The number of amides is 2. The summed E-state index contributed by atoms with van der Waals surface area (Å²) in [6, 6.07) is 7.65. The Morgan fingerprint density at radius 3 is 2.50 bits per heavy atom. The van der Waals surface area contributed by atoms with Crippen molar-refractivity contribution in [2.75, 3.05) is 18.4 Å². The van der Waals surface area contributed by atoms with Crippen molar-refractivity contribution in [2.24, 2.45) is 0 Å². The lowest BCUT2D eigenvalue weighted by Gasteiger charge is -2.41. The minimum absolute atomic E-state index is 0.177. The molecule has 5 heterocycles. The van der Waals surface area contributed by atoms with Crippen LogP contribution in [0.15, 0.2) is 49.2 Å². The number of nitriles is 1. The van der Waals surface area contributed by atoms with Gasteiger partial charge in [0.1, 0.15) is 23.4 Å². The average molecular weight is 596 g/mol. The van der Waals surface area contributed by atoms with E-state index in [1.807, 2.05) is 24.5 Å². The molecule has 44 heavy (non-hydrogen) atoms. The molecule has 0 radical (unpaired) electrons. The van der Waals surface area contributed by atoms with Crippen molar-refractivity contribution in [3.8, 4) is 17.3 Å². The van der Waals surface area contributed by atoms with E-state index in [1.54, 1.807) is 16.9 Å². The Kier molecular flexibility index (Phi) is 7.56. The van der Waals surface area contributed by atoms with Gasteiger partial charge in [0.25, 0.3) is 0 Å². The highest BCUT2D eigenvalue weighted by molar-refractivity contribution is 6.01. The van der Waals surface area contributed by atoms with Crippen LogP contribution < -0.4 is 10.6 Å². The van der Waals surface area contributed by atoms with Crippen LogP contribution in [0.5, 0.6) is 0 Å². The fourth-order valence-electron chi connectivity index (χ4n) is 7.03. The van der Waals surface area contributed by atoms with E-state index >= 15 is 4.39 Å². The van der Waals surface area contributed by atoms with Gasteiger partial charge in [-0.15, -0.1) is 0 Å². The molecule has 0 bridgehead atoms. The quantitative estimate of drug-likeness (QED) is 0.317. The lowest BCUT2D eigenvalue weighted by atomic mass is 9.85. The number of likely N-dealkylation sites (tertiary alicyclic amines) is 1. The third-order valence-electron chi connectivity index (χ3n) is 9.53. The fourth-order valence-corrected chi connectivity index (χ4v) is 7.03. The molecule has 0 unspecified atom stereocenters. The van der Waals surface area contributed by atoms with Crippen LogP contribution in [0.25, 0.3) is 16.8 Å². The number of aromatic nitrogens is 5. The molecule has 3 fully saturated rings. The van der Waals surface area contributed by atoms with E-state index in [0.29, 0.717) is 35.3 Å². The SMILES string of the molecule is N#Cc1cnn2cc(-c3cnn(C4CCC(N5CCC(c6ccc(N[C@H]7CCC(=O)NC7=O)cc6F)CC5)CC4)c3)ncc12. The molecule has 0 spiro atoms. The molecular weight excluding hydrogens is 561 g/mol. The van der Waals surface area contributed by atoms with Crippen LogP contribution in [-0.2, 0) is 9.59 Å². The predicted octanol–water partition coefficient (Wildman–Crippen LogP) is 4.18. The Morgan fingerprint density at radius 1 is 0.955 bits per heavy atom. The number of rotatable bonds is 6. The zero-order chi connectivity index (χ0) is 30.2. The van der Waals surface area contributed by atoms with Crippen molar-refractivity contribution >= 4 is 23.0 Å². The molecule has 3 aliphatic rings. The normalized spacial score (nSPS) is 23.4. The van der Waals surface area contributed by atoms with Crippen molar-refractivity contribution < 1.29 is 14.0 Å². The largest absolute Gasteiger partial charge is 0.374 e. The van der Waals surface area contributed by atoms with Crippen LogP contribution in [-0.4, -0.2) is 66.3 Å². The number of nitrogens with zero attached hydrogens (tertiary/aromatic N) is 7. The van der Waals surface area contributed by atoms with E-state index < -0.39 is 6.04 Å². The number of carbonyl (C=O) groups excluding carboxylic acids is 2. The van der Waals surface area contributed by atoms with Crippen molar-refractivity contribution in [1.29, 1.82) is 5.26 Å². The molecule has 2 aliphatic heterocycles. The molecule has 11 nitrogen and oxygen atoms in total. The van der Waals surface area contributed by atoms with Gasteiger partial charge in [0.15, 0.2) is 0 Å². The molecule has 1 aliphatic carbocycles. The van der Waals surface area contributed by atoms with Gasteiger partial charge in [-0.3, -0.25) is 24.6 Å². The Balaban J connectivity index is 0.908. The first-order valence-electron chi connectivity index (χ1n) is 15.4. The molecule has 12 heteroatoms. The summed E-state index contributed by atoms with van der Waals surface area (Å²) in [4.78, 5) is 30.6. The molecule has 2 amide bonds. The Bertz CT molecular complexity index is 1740. The number of imide groups is 1. The predicted molar refractivity (Wildman–Crippen MR) is 160 cm³/mol. The second-order valence-electron chi connectivity index (χ2n) is 12.1. The van der Waals surface area contributed by atoms with E-state index in [4.69, 9.17) is 0 Å². The summed E-state index contributed by atoms with van der Waals surface area (Å²) in [5.74, 6) is -0.696. The van der Waals surface area contributed by atoms with E-state index in [0.717, 1.165) is 68.4 Å². The molecule has 1 aromatic carbocycles. The van der Waals surface area contributed by atoms with Crippen molar-refractivity contribution in [1.82, 2.24) is 34.6 Å². The summed E-state index contributed by atoms with van der Waals surface area (Å²) in [6.07, 6.45) is 15.8. The molecule has 2 N–H and O–H groups in total. The summed E-state index contributed by atoms with van der Waals surface area (Å²) in [5.41, 5.74) is 4.19. The highest BCUT2D eigenvalue weighted by Gasteiger charge is 2.31. The first-order valence-corrected chi connectivity index (χ1v) is 15.4. The number of anilines is 1. The number of piperidine rings is 2. The molecule has 4 aromatic rings. The second kappa shape index (κ2) is 11.8. The molecule has 7 rings (SSSR count). The first kappa shape index (κ1) is 28.2. The zero-order valence-corrected chi connectivity index (χ0v) is 24.3. The van der Waals surface area contributed by atoms with Gasteiger partial charge < -0.3 is 10.2 Å². The lowest BCUT2D eigenvalue weighted by molar-refractivity contribution is -0.133. The number of fused-ring (bicyclic) bond motifs is 1. The summed E-state index contributed by atoms with van der Waals surface area (Å²) in [6.45, 7) is 1.91. The van der Waals surface area contributed by atoms with Crippen LogP contribution in [0.3, 0.4) is 0 Å². The Hall–Kier alpha value is -4.63. The number of benzene rings is 1. The van der Waals surface area contributed by atoms with Gasteiger partial charge >= 0.3 is 0 Å². The van der Waals surface area contributed by atoms with Crippen LogP contribution >= 0.6 is 0 Å². The number of hydrogen-bond acceptors (Lipinski definition) is 8. The minimum atomic E-state index is -0.527. The Morgan fingerprint density at radius 2 is 1.75 bits per heavy atom. The first-order chi connectivity index (χ1) is 21.4. The van der Waals surface area contributed by atoms with Crippen LogP contribution in [0.4, 0.5) is 10.1 Å². The average Bonchev–Trinajstić information content (AvgIpc) is 3.70. The summed E-state index contributed by atoms with van der Waals surface area (Å²) in [7, 11) is 0. The molecule has 226 valence electrons. The van der Waals surface area contributed by atoms with Crippen LogP contribution in [0.2, 0.25) is 0 Å². The lowest BCUT2D eigenvalue weighted by Crippen LogP contribution is -2.47. The van der Waals surface area contributed by atoms with Crippen molar-refractivity contribution in [3.05, 3.63) is 66.1 Å². The van der Waals surface area contributed by atoms with E-state index in [2.05, 4.69) is 47.7 Å². The number of halogens is 1. The summed E-state index contributed by atoms with van der Waals surface area (Å²) < 4.78 is 18.9. The van der Waals surface area contributed by atoms with Crippen LogP contribution in [0, 0.1) is 17.1 Å². The van der Waals surface area contributed by atoms with Crippen molar-refractivity contribution in [3.63, 3.8) is 0 Å². The van der Waals surface area contributed by atoms with Gasteiger partial charge in [-0.05, 0) is 81.6 Å². The standard InChI is InChI=1S/C32H34FN9O2/c33-27-13-23(38-28-7-8-31(43)39-32(28)44)1-6-26(27)20-9-11-40(12-10-20)24-2-4-25(5-3-24)41-18-22(16-36-41)29-19-42-30(17-35-29)21(14-34)15-37-42/h1,6,13,15-20,24-25,28,38H,2-5,7-12H2,(H,39,43,44)/t24?,25?,28-/m0/s1. The molecule has 3 aromatic heterocycles. The number of carbonyl (C=O) groups is 2. The smallest absolute Gasteiger partial charge is 0.249 e. The van der Waals surface area contributed by atoms with Crippen LogP contribution in [0.1, 0.15) is 74.5 Å². The van der Waals surface area contributed by atoms with E-state index in [-0.39, 0.29) is 30.0 Å². The third-order valence-corrected chi connectivity index (χ3v) is 9.53. The maximum absolute atomic E-state index is 15.2. The summed E-state index contributed by atoms with van der Waals surface area (Å²) >= 11 is 0. The highest BCUT2D eigenvalue weighted by Crippen LogP contribution is 2.36. The third kappa shape index (κ3) is 5.55. The molecule has 2 saturated heterocycles. The van der Waals surface area contributed by atoms with Gasteiger partial charge in [0.05, 0.1) is 42.1 Å². The molecule has 1 saturated carbocycles. The number of nitrogens with one attached hydrogen (secondary N) is 2. The van der Waals surface area contributed by atoms with Gasteiger partial charge in [-0.2, -0.15) is 15.5 Å². The molecule has 1 atom stereocenters. The van der Waals surface area contributed by atoms with Gasteiger partial charge in [-0.25, -0.2) is 8.91 Å². The number of hydrogen-bond donors (Lipinski definition) is 2.